The molecule has 35 heavy (non-hydrogen) atoms. The predicted molar refractivity (Wildman–Crippen MR) is 125 cm³/mol. The van der Waals surface area contributed by atoms with E-state index in [1.807, 2.05) is 10.7 Å². The molecule has 0 amide bonds. The molecule has 2 saturated heterocycles. The molecule has 4 fully saturated rings. The Hall–Kier alpha value is -1.94. The molecule has 0 bridgehead atoms. The smallest absolute Gasteiger partial charge is 0.300 e. The van der Waals surface area contributed by atoms with Gasteiger partial charge in [0.2, 0.25) is 0 Å². The quantitative estimate of drug-likeness (QED) is 0.606. The van der Waals surface area contributed by atoms with Crippen LogP contribution in [-0.4, -0.2) is 58.7 Å². The van der Waals surface area contributed by atoms with Crippen molar-refractivity contribution in [2.75, 3.05) is 24.6 Å². The highest BCUT2D eigenvalue weighted by atomic mass is 32.2. The van der Waals surface area contributed by atoms with Gasteiger partial charge in [0.05, 0.1) is 22.8 Å². The van der Waals surface area contributed by atoms with Gasteiger partial charge in [-0.3, -0.25) is 9.67 Å². The van der Waals surface area contributed by atoms with Crippen LogP contribution in [0.15, 0.2) is 24.5 Å². The van der Waals surface area contributed by atoms with Crippen LogP contribution in [-0.2, 0) is 16.0 Å². The van der Waals surface area contributed by atoms with Crippen molar-refractivity contribution in [3.8, 4) is 11.3 Å². The highest BCUT2D eigenvalue weighted by Crippen LogP contribution is 2.64. The van der Waals surface area contributed by atoms with E-state index in [0.29, 0.717) is 46.6 Å². The molecular formula is C25H31F3N4O2S. The van der Waals surface area contributed by atoms with Crippen molar-refractivity contribution in [1.82, 2.24) is 19.7 Å². The monoisotopic (exact) mass is 508 g/mol. The van der Waals surface area contributed by atoms with Crippen LogP contribution in [0.2, 0.25) is 0 Å². The summed E-state index contributed by atoms with van der Waals surface area (Å²) in [6.07, 6.45) is 2.09. The third kappa shape index (κ3) is 4.10. The van der Waals surface area contributed by atoms with Gasteiger partial charge in [-0.1, -0.05) is 0 Å². The van der Waals surface area contributed by atoms with E-state index in [0.717, 1.165) is 56.7 Å². The Balaban J connectivity index is 1.14. The van der Waals surface area contributed by atoms with Gasteiger partial charge in [0.15, 0.2) is 9.84 Å². The van der Waals surface area contributed by atoms with Crippen molar-refractivity contribution in [2.45, 2.75) is 63.7 Å². The molecule has 0 aromatic carbocycles. The van der Waals surface area contributed by atoms with Crippen LogP contribution < -0.4 is 0 Å². The largest absolute Gasteiger partial charge is 0.417 e. The molecule has 0 unspecified atom stereocenters. The van der Waals surface area contributed by atoms with Crippen molar-refractivity contribution < 1.29 is 21.6 Å². The first kappa shape index (κ1) is 23.5. The summed E-state index contributed by atoms with van der Waals surface area (Å²) < 4.78 is 64.9. The van der Waals surface area contributed by atoms with Gasteiger partial charge < -0.3 is 4.90 Å². The Morgan fingerprint density at radius 1 is 1.06 bits per heavy atom. The number of pyridine rings is 1. The fourth-order valence-electron chi connectivity index (χ4n) is 7.04. The van der Waals surface area contributed by atoms with E-state index in [4.69, 9.17) is 5.10 Å². The van der Waals surface area contributed by atoms with Gasteiger partial charge in [-0.2, -0.15) is 18.3 Å². The van der Waals surface area contributed by atoms with E-state index in [1.54, 1.807) is 0 Å². The topological polar surface area (TPSA) is 68.1 Å². The van der Waals surface area contributed by atoms with Crippen molar-refractivity contribution in [2.24, 2.45) is 17.3 Å². The summed E-state index contributed by atoms with van der Waals surface area (Å²) in [5, 5.41) is 4.69. The molecule has 0 N–H and O–H groups in total. The number of fused-ring (bicyclic) bond motifs is 1. The number of halogens is 3. The van der Waals surface area contributed by atoms with Gasteiger partial charge in [-0.15, -0.1) is 0 Å². The summed E-state index contributed by atoms with van der Waals surface area (Å²) in [6, 6.07) is 3.77. The fourth-order valence-corrected chi connectivity index (χ4v) is 9.40. The van der Waals surface area contributed by atoms with Gasteiger partial charge in [-0.25, -0.2) is 8.42 Å². The number of hydrogen-bond acceptors (Lipinski definition) is 5. The van der Waals surface area contributed by atoms with Gasteiger partial charge in [-0.05, 0) is 76.6 Å². The van der Waals surface area contributed by atoms with E-state index in [2.05, 4.69) is 23.7 Å². The number of piperidine rings is 1. The van der Waals surface area contributed by atoms with E-state index in [-0.39, 0.29) is 11.5 Å². The van der Waals surface area contributed by atoms with Crippen LogP contribution >= 0.6 is 0 Å². The second-order valence-electron chi connectivity index (χ2n) is 11.5. The van der Waals surface area contributed by atoms with Crippen LogP contribution in [0.3, 0.4) is 0 Å². The average molecular weight is 509 g/mol. The number of aromatic nitrogens is 3. The van der Waals surface area contributed by atoms with E-state index < -0.39 is 21.6 Å². The van der Waals surface area contributed by atoms with Gasteiger partial charge in [0.25, 0.3) is 0 Å². The normalized spacial score (nSPS) is 31.5. The Kier molecular flexibility index (Phi) is 5.21. The molecule has 190 valence electrons. The summed E-state index contributed by atoms with van der Waals surface area (Å²) in [6.45, 7) is 6.08. The summed E-state index contributed by atoms with van der Waals surface area (Å²) in [4.78, 5) is 6.38. The zero-order valence-electron chi connectivity index (χ0n) is 20.0. The zero-order chi connectivity index (χ0) is 24.8. The molecule has 4 atom stereocenters. The maximum absolute atomic E-state index is 13.2. The zero-order valence-corrected chi connectivity index (χ0v) is 20.8. The van der Waals surface area contributed by atoms with Crippen LogP contribution in [0, 0.1) is 17.3 Å². The van der Waals surface area contributed by atoms with E-state index in [9.17, 15) is 21.6 Å². The molecule has 0 radical (unpaired) electrons. The second-order valence-corrected chi connectivity index (χ2v) is 13.6. The number of rotatable bonds is 4. The van der Waals surface area contributed by atoms with E-state index >= 15 is 0 Å². The molecule has 2 saturated carbocycles. The van der Waals surface area contributed by atoms with Crippen LogP contribution in [0.25, 0.3) is 11.3 Å². The summed E-state index contributed by atoms with van der Waals surface area (Å²) >= 11 is 0. The molecule has 4 heterocycles. The molecule has 2 aromatic rings. The van der Waals surface area contributed by atoms with Crippen LogP contribution in [0.4, 0.5) is 13.2 Å². The lowest BCUT2D eigenvalue weighted by Crippen LogP contribution is -2.55. The van der Waals surface area contributed by atoms with Crippen molar-refractivity contribution in [3.05, 3.63) is 35.8 Å². The number of hydrogen-bond donors (Lipinski definition) is 0. The Morgan fingerprint density at radius 2 is 1.71 bits per heavy atom. The van der Waals surface area contributed by atoms with Crippen molar-refractivity contribution in [1.29, 1.82) is 0 Å². The highest BCUT2D eigenvalue weighted by molar-refractivity contribution is 7.92. The Morgan fingerprint density at radius 3 is 2.29 bits per heavy atom. The lowest BCUT2D eigenvalue weighted by molar-refractivity contribution is -0.137. The van der Waals surface area contributed by atoms with Crippen LogP contribution in [0.1, 0.15) is 62.7 Å². The lowest BCUT2D eigenvalue weighted by atomic mass is 9.80. The predicted octanol–water partition coefficient (Wildman–Crippen LogP) is 4.55. The number of nitrogens with zero attached hydrogens (tertiary/aromatic N) is 4. The summed E-state index contributed by atoms with van der Waals surface area (Å²) in [5.41, 5.74) is 1.34. The summed E-state index contributed by atoms with van der Waals surface area (Å²) in [7, 11) is -2.79. The molecule has 10 heteroatoms. The molecule has 2 aliphatic carbocycles. The van der Waals surface area contributed by atoms with Gasteiger partial charge in [0, 0.05) is 47.1 Å². The number of alkyl halides is 3. The third-order valence-electron chi connectivity index (χ3n) is 8.80. The molecule has 6 nitrogen and oxygen atoms in total. The minimum Gasteiger partial charge on any atom is -0.300 e. The fraction of sp³-hybridized carbons (Fsp3) is 0.680. The first-order chi connectivity index (χ1) is 16.4. The van der Waals surface area contributed by atoms with Crippen molar-refractivity contribution >= 4 is 9.84 Å². The van der Waals surface area contributed by atoms with E-state index in [1.165, 1.54) is 6.20 Å². The Labute approximate surface area is 203 Å². The standard InChI is InChI=1S/C25H31F3N4O2S/c1-15(2)32-22(10-21(30-32)16-7-17(12-29-11-16)25(26,27)28)23-19-8-18(9-20(19)23)31-5-3-24(4-6-31)13-35(33,34)14-24/h7,10-12,15,18-20,23H,3-6,8-9,13-14H2,1-2H3/t18-,19-,20+,23+. The second kappa shape index (κ2) is 7.78. The SMILES string of the molecule is CC(C)n1nc(-c2cncc(C(F)(F)F)c2)cc1[C@H]1[C@@H]2C[C@@H](N3CCC4(CC3)CS(=O)(=O)C4)C[C@@H]21. The Bertz CT molecular complexity index is 1220. The average Bonchev–Trinajstić information content (AvgIpc) is 3.13. The van der Waals surface area contributed by atoms with Crippen LogP contribution in [0.5, 0.6) is 0 Å². The maximum Gasteiger partial charge on any atom is 0.417 e. The molecule has 2 aromatic heterocycles. The van der Waals surface area contributed by atoms with Crippen molar-refractivity contribution in [3.63, 3.8) is 0 Å². The minimum atomic E-state index is -4.43. The molecule has 4 aliphatic rings. The lowest BCUT2D eigenvalue weighted by Gasteiger charge is -2.48. The number of likely N-dealkylation sites (tertiary alicyclic amines) is 1. The van der Waals surface area contributed by atoms with Gasteiger partial charge >= 0.3 is 6.18 Å². The highest BCUT2D eigenvalue weighted by Gasteiger charge is 2.59. The first-order valence-electron chi connectivity index (χ1n) is 12.5. The first-order valence-corrected chi connectivity index (χ1v) is 14.3. The number of sulfone groups is 1. The molecular weight excluding hydrogens is 477 g/mol. The third-order valence-corrected chi connectivity index (χ3v) is 10.9. The molecule has 1 spiro atoms. The minimum absolute atomic E-state index is 0.0395. The van der Waals surface area contributed by atoms with Gasteiger partial charge in [0.1, 0.15) is 0 Å². The molecule has 2 aliphatic heterocycles. The maximum atomic E-state index is 13.2. The molecule has 6 rings (SSSR count). The summed E-state index contributed by atoms with van der Waals surface area (Å²) in [5.74, 6) is 2.31.